The minimum absolute atomic E-state index is 0.282. The fourth-order valence-electron chi connectivity index (χ4n) is 3.01. The molecule has 0 saturated carbocycles. The summed E-state index contributed by atoms with van der Waals surface area (Å²) < 4.78 is 17.1. The number of hydrogen-bond acceptors (Lipinski definition) is 4. The van der Waals surface area contributed by atoms with Crippen molar-refractivity contribution in [2.45, 2.75) is 0 Å². The van der Waals surface area contributed by atoms with Crippen LogP contribution < -0.4 is 20.1 Å². The molecule has 30 heavy (non-hydrogen) atoms. The minimum atomic E-state index is -0.610. The van der Waals surface area contributed by atoms with Crippen molar-refractivity contribution in [3.63, 3.8) is 0 Å². The first-order valence-electron chi connectivity index (χ1n) is 8.90. The average Bonchev–Trinajstić information content (AvgIpc) is 3.11. The van der Waals surface area contributed by atoms with Crippen LogP contribution in [0.15, 0.2) is 60.9 Å². The van der Waals surface area contributed by atoms with Crippen LogP contribution in [-0.2, 0) is 0 Å². The Bertz CT molecular complexity index is 1270. The van der Waals surface area contributed by atoms with E-state index in [1.165, 1.54) is 37.6 Å². The zero-order valence-corrected chi connectivity index (χ0v) is 17.5. The van der Waals surface area contributed by atoms with Crippen LogP contribution in [-0.4, -0.2) is 48.4 Å². The molecular weight excluding hydrogens is 452 g/mol. The van der Waals surface area contributed by atoms with Crippen molar-refractivity contribution in [3.8, 4) is 5.95 Å². The number of carbonyl (C=O) groups excluding carboxylic acids is 2. The summed E-state index contributed by atoms with van der Waals surface area (Å²) in [5, 5.41) is 3.48. The van der Waals surface area contributed by atoms with Gasteiger partial charge in [0, 0.05) is 0 Å². The van der Waals surface area contributed by atoms with Crippen LogP contribution in [0.25, 0.3) is 16.9 Å². The van der Waals surface area contributed by atoms with Crippen molar-refractivity contribution in [1.29, 1.82) is 0 Å². The molecule has 2 amide bonds. The molecule has 0 atom stereocenters. The van der Waals surface area contributed by atoms with Gasteiger partial charge in [0.25, 0.3) is 0 Å². The summed E-state index contributed by atoms with van der Waals surface area (Å²) in [4.78, 5) is 32.3. The third kappa shape index (κ3) is 3.68. The standard InChI is InChI=1S/C21H16FN5O2Se/c1-24-20(29)13-10-25-21(26-11-13)27-16-5-3-2-4-12(16)8-18(27)30-17-9-14(22)6-7-15(17)19(23)28/h2-11H,1H3,(H2,23,28)(H,24,29). The van der Waals surface area contributed by atoms with Crippen LogP contribution in [0.1, 0.15) is 20.7 Å². The molecule has 0 saturated heterocycles. The van der Waals surface area contributed by atoms with Crippen LogP contribution in [0.2, 0.25) is 0 Å². The van der Waals surface area contributed by atoms with Crippen molar-refractivity contribution >= 4 is 46.7 Å². The quantitative estimate of drug-likeness (QED) is 0.421. The average molecular weight is 468 g/mol. The van der Waals surface area contributed by atoms with Gasteiger partial charge in [0.05, 0.1) is 0 Å². The Morgan fingerprint density at radius 3 is 2.53 bits per heavy atom. The molecule has 0 aliphatic rings. The van der Waals surface area contributed by atoms with E-state index in [1.54, 1.807) is 0 Å². The molecule has 7 nitrogen and oxygen atoms in total. The first-order chi connectivity index (χ1) is 14.5. The topological polar surface area (TPSA) is 103 Å². The first-order valence-corrected chi connectivity index (χ1v) is 10.6. The molecular formula is C21H16FN5O2Se. The van der Waals surface area contributed by atoms with E-state index in [2.05, 4.69) is 15.3 Å². The molecule has 2 heterocycles. The molecule has 2 aromatic carbocycles. The van der Waals surface area contributed by atoms with Gasteiger partial charge in [-0.2, -0.15) is 0 Å². The molecule has 0 aliphatic heterocycles. The van der Waals surface area contributed by atoms with Crippen LogP contribution in [0.4, 0.5) is 4.39 Å². The number of fused-ring (bicyclic) bond motifs is 1. The number of aromatic nitrogens is 3. The van der Waals surface area contributed by atoms with E-state index in [0.717, 1.165) is 15.5 Å². The summed E-state index contributed by atoms with van der Waals surface area (Å²) in [6, 6.07) is 13.6. The Labute approximate surface area is 177 Å². The number of amides is 2. The van der Waals surface area contributed by atoms with Crippen molar-refractivity contribution in [3.05, 3.63) is 77.9 Å². The van der Waals surface area contributed by atoms with E-state index in [0.29, 0.717) is 16.0 Å². The van der Waals surface area contributed by atoms with Gasteiger partial charge in [-0.25, -0.2) is 0 Å². The van der Waals surface area contributed by atoms with Crippen molar-refractivity contribution in [2.75, 3.05) is 7.05 Å². The summed E-state index contributed by atoms with van der Waals surface area (Å²) in [6.45, 7) is 0. The Morgan fingerprint density at radius 1 is 1.10 bits per heavy atom. The number of nitrogens with one attached hydrogen (secondary N) is 1. The second-order valence-electron chi connectivity index (χ2n) is 6.33. The van der Waals surface area contributed by atoms with Gasteiger partial charge in [-0.05, 0) is 0 Å². The molecule has 0 aliphatic carbocycles. The summed E-state index contributed by atoms with van der Waals surface area (Å²) in [5.41, 5.74) is 6.96. The number of nitrogens with zero attached hydrogens (tertiary/aromatic N) is 3. The van der Waals surface area contributed by atoms with Crippen molar-refractivity contribution in [1.82, 2.24) is 19.9 Å². The van der Waals surface area contributed by atoms with E-state index in [9.17, 15) is 14.0 Å². The van der Waals surface area contributed by atoms with Crippen molar-refractivity contribution in [2.24, 2.45) is 5.73 Å². The maximum atomic E-state index is 13.9. The fraction of sp³-hybridized carbons (Fsp3) is 0.0476. The summed E-state index contributed by atoms with van der Waals surface area (Å²) >= 11 is -0.464. The van der Waals surface area contributed by atoms with Gasteiger partial charge < -0.3 is 0 Å². The van der Waals surface area contributed by atoms with E-state index in [4.69, 9.17) is 5.73 Å². The number of halogens is 1. The van der Waals surface area contributed by atoms with Crippen LogP contribution in [0.3, 0.4) is 0 Å². The zero-order valence-electron chi connectivity index (χ0n) is 15.8. The number of para-hydroxylation sites is 1. The SMILES string of the molecule is CNC(=O)c1cnc(-n2c([Se]c3cc(F)ccc3C(N)=O)cc3ccccc32)nc1. The summed E-state index contributed by atoms with van der Waals surface area (Å²) in [7, 11) is 1.53. The Hall–Kier alpha value is -3.55. The van der Waals surface area contributed by atoms with Gasteiger partial charge in [0.15, 0.2) is 0 Å². The van der Waals surface area contributed by atoms with E-state index < -0.39 is 26.7 Å². The third-order valence-corrected chi connectivity index (χ3v) is 6.67. The molecule has 0 fully saturated rings. The molecule has 0 radical (unpaired) electrons. The summed E-state index contributed by atoms with van der Waals surface area (Å²) in [6.07, 6.45) is 2.90. The number of hydrogen-bond donors (Lipinski definition) is 2. The van der Waals surface area contributed by atoms with E-state index in [-0.39, 0.29) is 11.5 Å². The monoisotopic (exact) mass is 469 g/mol. The Morgan fingerprint density at radius 2 is 1.83 bits per heavy atom. The van der Waals surface area contributed by atoms with Crippen molar-refractivity contribution < 1.29 is 14.0 Å². The predicted molar refractivity (Wildman–Crippen MR) is 112 cm³/mol. The normalized spacial score (nSPS) is 10.9. The van der Waals surface area contributed by atoms with Crippen LogP contribution in [0, 0.1) is 5.82 Å². The van der Waals surface area contributed by atoms with E-state index >= 15 is 0 Å². The molecule has 9 heteroatoms. The molecule has 0 spiro atoms. The van der Waals surface area contributed by atoms with Gasteiger partial charge in [-0.1, -0.05) is 0 Å². The van der Waals surface area contributed by atoms with Gasteiger partial charge in [-0.3, -0.25) is 0 Å². The summed E-state index contributed by atoms with van der Waals surface area (Å²) in [5.74, 6) is -0.960. The molecule has 3 N–H and O–H groups in total. The molecule has 0 bridgehead atoms. The fourth-order valence-corrected chi connectivity index (χ4v) is 5.38. The van der Waals surface area contributed by atoms with Crippen LogP contribution in [0.5, 0.6) is 0 Å². The third-order valence-electron chi connectivity index (χ3n) is 4.43. The molecule has 2 aromatic heterocycles. The van der Waals surface area contributed by atoms with Gasteiger partial charge in [-0.15, -0.1) is 0 Å². The zero-order chi connectivity index (χ0) is 21.3. The molecule has 150 valence electrons. The first kappa shape index (κ1) is 19.8. The molecule has 4 aromatic rings. The number of benzene rings is 2. The molecule has 0 unspecified atom stereocenters. The number of rotatable bonds is 5. The second-order valence-corrected chi connectivity index (χ2v) is 8.56. The number of nitrogens with two attached hydrogens (primary N) is 1. The Balaban J connectivity index is 1.85. The molecule has 4 rings (SSSR count). The van der Waals surface area contributed by atoms with Gasteiger partial charge in [0.1, 0.15) is 0 Å². The number of primary amides is 1. The Kier molecular flexibility index (Phi) is 5.31. The van der Waals surface area contributed by atoms with Gasteiger partial charge >= 0.3 is 177 Å². The number of carbonyl (C=O) groups is 2. The second kappa shape index (κ2) is 8.06. The van der Waals surface area contributed by atoms with E-state index in [1.807, 2.05) is 34.9 Å². The van der Waals surface area contributed by atoms with Gasteiger partial charge in [0.2, 0.25) is 0 Å². The predicted octanol–water partition coefficient (Wildman–Crippen LogP) is 0.673. The maximum absolute atomic E-state index is 13.9. The van der Waals surface area contributed by atoms with Crippen LogP contribution >= 0.6 is 0 Å².